The summed E-state index contributed by atoms with van der Waals surface area (Å²) >= 11 is 0. The van der Waals surface area contributed by atoms with Gasteiger partial charge in [0.05, 0.1) is 13.4 Å². The monoisotopic (exact) mass is 432 g/mol. The summed E-state index contributed by atoms with van der Waals surface area (Å²) in [7, 11) is 1.58. The summed E-state index contributed by atoms with van der Waals surface area (Å²) in [4.78, 5) is 29.1. The lowest BCUT2D eigenvalue weighted by molar-refractivity contribution is -0.120. The predicted octanol–water partition coefficient (Wildman–Crippen LogP) is 4.71. The lowest BCUT2D eigenvalue weighted by atomic mass is 9.88. The molecule has 2 aromatic carbocycles. The average molecular weight is 433 g/mol. The Labute approximate surface area is 187 Å². The first-order chi connectivity index (χ1) is 15.6. The normalized spacial score (nSPS) is 14.0. The van der Waals surface area contributed by atoms with Crippen LogP contribution >= 0.6 is 0 Å². The van der Waals surface area contributed by atoms with Crippen molar-refractivity contribution < 1.29 is 14.3 Å². The first kappa shape index (κ1) is 21.6. The molecule has 1 heterocycles. The molecule has 3 aromatic rings. The van der Waals surface area contributed by atoms with Gasteiger partial charge in [0.2, 0.25) is 5.91 Å². The molecule has 0 atom stereocenters. The maximum absolute atomic E-state index is 12.5. The molecule has 1 saturated carbocycles. The molecule has 2 amide bonds. The van der Waals surface area contributed by atoms with Crippen molar-refractivity contribution in [3.8, 4) is 5.75 Å². The highest BCUT2D eigenvalue weighted by atomic mass is 16.5. The minimum atomic E-state index is -0.280. The van der Waals surface area contributed by atoms with Crippen LogP contribution < -0.4 is 15.4 Å². The van der Waals surface area contributed by atoms with E-state index in [2.05, 4.69) is 15.6 Å². The van der Waals surface area contributed by atoms with Crippen LogP contribution in [0.15, 0.2) is 61.1 Å². The van der Waals surface area contributed by atoms with E-state index in [9.17, 15) is 9.59 Å². The van der Waals surface area contributed by atoms with Crippen molar-refractivity contribution >= 4 is 23.2 Å². The van der Waals surface area contributed by atoms with Gasteiger partial charge in [-0.05, 0) is 42.7 Å². The molecular weight excluding hydrogens is 404 g/mol. The van der Waals surface area contributed by atoms with Crippen molar-refractivity contribution in [2.45, 2.75) is 38.6 Å². The van der Waals surface area contributed by atoms with Gasteiger partial charge in [0.25, 0.3) is 5.91 Å². The van der Waals surface area contributed by atoms with Gasteiger partial charge >= 0.3 is 0 Å². The number of amides is 2. The van der Waals surface area contributed by atoms with Gasteiger partial charge in [0, 0.05) is 36.1 Å². The molecule has 0 spiro atoms. The first-order valence-electron chi connectivity index (χ1n) is 11.0. The summed E-state index contributed by atoms with van der Waals surface area (Å²) < 4.78 is 7.04. The van der Waals surface area contributed by atoms with Gasteiger partial charge in [-0.15, -0.1) is 0 Å². The minimum Gasteiger partial charge on any atom is -0.497 e. The molecule has 4 rings (SSSR count). The molecule has 1 fully saturated rings. The summed E-state index contributed by atoms with van der Waals surface area (Å²) in [6.07, 6.45) is 8.84. The molecule has 0 unspecified atom stereocenters. The molecule has 0 aliphatic heterocycles. The third-order valence-electron chi connectivity index (χ3n) is 5.76. The van der Waals surface area contributed by atoms with Gasteiger partial charge in [-0.25, -0.2) is 4.98 Å². The summed E-state index contributed by atoms with van der Waals surface area (Å²) in [6.45, 7) is 0.580. The summed E-state index contributed by atoms with van der Waals surface area (Å²) in [5.74, 6) is 0.652. The standard InChI is InChI=1S/C25H28N4O3/c1-32-22-9-5-8-21(14-22)28-25(31)23-16-29(17-26-23)15-18-10-12-20(13-11-18)27-24(30)19-6-3-2-4-7-19/h5,8-14,16-17,19H,2-4,6-7,15H2,1H3,(H,27,30)(H,28,31). The summed E-state index contributed by atoms with van der Waals surface area (Å²) in [5.41, 5.74) is 2.85. The number of nitrogens with one attached hydrogen (secondary N) is 2. The molecule has 7 heteroatoms. The molecular formula is C25H28N4O3. The number of ether oxygens (including phenoxy) is 1. The zero-order valence-electron chi connectivity index (χ0n) is 18.2. The largest absolute Gasteiger partial charge is 0.497 e. The third kappa shape index (κ3) is 5.55. The molecule has 1 aromatic heterocycles. The number of aromatic nitrogens is 2. The second-order valence-corrected chi connectivity index (χ2v) is 8.14. The van der Waals surface area contributed by atoms with Crippen molar-refractivity contribution in [1.82, 2.24) is 9.55 Å². The maximum atomic E-state index is 12.5. The number of rotatable bonds is 7. The smallest absolute Gasteiger partial charge is 0.275 e. The zero-order chi connectivity index (χ0) is 22.3. The number of carbonyl (C=O) groups excluding carboxylic acids is 2. The van der Waals surface area contributed by atoms with E-state index in [0.29, 0.717) is 23.7 Å². The average Bonchev–Trinajstić information content (AvgIpc) is 3.30. The van der Waals surface area contributed by atoms with E-state index >= 15 is 0 Å². The first-order valence-corrected chi connectivity index (χ1v) is 11.0. The fourth-order valence-electron chi connectivity index (χ4n) is 3.97. The molecule has 0 bridgehead atoms. The van der Waals surface area contributed by atoms with Crippen LogP contribution in [0.1, 0.15) is 48.2 Å². The Bertz CT molecular complexity index is 1070. The summed E-state index contributed by atoms with van der Waals surface area (Å²) in [6, 6.07) is 15.0. The van der Waals surface area contributed by atoms with Crippen LogP contribution in [0.25, 0.3) is 0 Å². The van der Waals surface area contributed by atoms with E-state index in [1.807, 2.05) is 41.0 Å². The molecule has 1 aliphatic carbocycles. The van der Waals surface area contributed by atoms with Crippen molar-refractivity contribution in [2.24, 2.45) is 5.92 Å². The number of nitrogens with zero attached hydrogens (tertiary/aromatic N) is 2. The maximum Gasteiger partial charge on any atom is 0.275 e. The van der Waals surface area contributed by atoms with Gasteiger partial charge < -0.3 is 19.9 Å². The van der Waals surface area contributed by atoms with Crippen LogP contribution in [0.2, 0.25) is 0 Å². The molecule has 0 saturated heterocycles. The van der Waals surface area contributed by atoms with Crippen LogP contribution in [0, 0.1) is 5.92 Å². The van der Waals surface area contributed by atoms with E-state index in [4.69, 9.17) is 4.74 Å². The topological polar surface area (TPSA) is 85.2 Å². The van der Waals surface area contributed by atoms with Gasteiger partial charge in [0.15, 0.2) is 0 Å². The van der Waals surface area contributed by atoms with Crippen molar-refractivity contribution in [2.75, 3.05) is 17.7 Å². The highest BCUT2D eigenvalue weighted by Crippen LogP contribution is 2.25. The highest BCUT2D eigenvalue weighted by Gasteiger charge is 2.21. The van der Waals surface area contributed by atoms with E-state index in [1.165, 1.54) is 6.42 Å². The Morgan fingerprint density at radius 1 is 1.03 bits per heavy atom. The SMILES string of the molecule is COc1cccc(NC(=O)c2cn(Cc3ccc(NC(=O)C4CCCCC4)cc3)cn2)c1. The van der Waals surface area contributed by atoms with E-state index in [0.717, 1.165) is 36.9 Å². The lowest BCUT2D eigenvalue weighted by Crippen LogP contribution is -2.24. The number of benzene rings is 2. The second kappa shape index (κ2) is 10.1. The van der Waals surface area contributed by atoms with Gasteiger partial charge in [-0.2, -0.15) is 0 Å². The number of methoxy groups -OCH3 is 1. The van der Waals surface area contributed by atoms with Crippen molar-refractivity contribution in [3.05, 3.63) is 72.3 Å². The number of anilines is 2. The van der Waals surface area contributed by atoms with Crippen molar-refractivity contribution in [1.29, 1.82) is 0 Å². The van der Waals surface area contributed by atoms with Gasteiger partial charge in [-0.3, -0.25) is 9.59 Å². The number of carbonyl (C=O) groups is 2. The van der Waals surface area contributed by atoms with E-state index < -0.39 is 0 Å². The molecule has 2 N–H and O–H groups in total. The highest BCUT2D eigenvalue weighted by molar-refractivity contribution is 6.02. The number of hydrogen-bond donors (Lipinski definition) is 2. The minimum absolute atomic E-state index is 0.124. The second-order valence-electron chi connectivity index (χ2n) is 8.14. The fourth-order valence-corrected chi connectivity index (χ4v) is 3.97. The molecule has 1 aliphatic rings. The molecule has 166 valence electrons. The Hall–Kier alpha value is -3.61. The fraction of sp³-hybridized carbons (Fsp3) is 0.320. The molecule has 32 heavy (non-hydrogen) atoms. The van der Waals surface area contributed by atoms with Crippen LogP contribution in [0.4, 0.5) is 11.4 Å². The van der Waals surface area contributed by atoms with Gasteiger partial charge in [-0.1, -0.05) is 37.5 Å². The molecule has 7 nitrogen and oxygen atoms in total. The molecule has 0 radical (unpaired) electrons. The summed E-state index contributed by atoms with van der Waals surface area (Å²) in [5, 5.41) is 5.86. The third-order valence-corrected chi connectivity index (χ3v) is 5.76. The Balaban J connectivity index is 1.32. The zero-order valence-corrected chi connectivity index (χ0v) is 18.2. The van der Waals surface area contributed by atoms with Gasteiger partial charge in [0.1, 0.15) is 11.4 Å². The Morgan fingerprint density at radius 2 is 1.81 bits per heavy atom. The van der Waals surface area contributed by atoms with Crippen LogP contribution in [0.3, 0.4) is 0 Å². The van der Waals surface area contributed by atoms with Crippen LogP contribution in [-0.2, 0) is 11.3 Å². The number of imidazole rings is 1. The lowest BCUT2D eigenvalue weighted by Gasteiger charge is -2.20. The van der Waals surface area contributed by atoms with Crippen LogP contribution in [0.5, 0.6) is 5.75 Å². The Kier molecular flexibility index (Phi) is 6.84. The van der Waals surface area contributed by atoms with E-state index in [-0.39, 0.29) is 17.7 Å². The van der Waals surface area contributed by atoms with Crippen LogP contribution in [-0.4, -0.2) is 28.5 Å². The number of hydrogen-bond acceptors (Lipinski definition) is 4. The van der Waals surface area contributed by atoms with Crippen molar-refractivity contribution in [3.63, 3.8) is 0 Å². The Morgan fingerprint density at radius 3 is 2.56 bits per heavy atom. The quantitative estimate of drug-likeness (QED) is 0.566. The predicted molar refractivity (Wildman–Crippen MR) is 124 cm³/mol. The van der Waals surface area contributed by atoms with E-state index in [1.54, 1.807) is 31.8 Å².